The van der Waals surface area contributed by atoms with Crippen LogP contribution in [0.3, 0.4) is 0 Å². The number of benzene rings is 1. The van der Waals surface area contributed by atoms with Crippen molar-refractivity contribution in [3.63, 3.8) is 0 Å². The quantitative estimate of drug-likeness (QED) is 0.273. The van der Waals surface area contributed by atoms with Crippen LogP contribution in [0, 0.1) is 5.92 Å². The molecule has 6 nitrogen and oxygen atoms in total. The van der Waals surface area contributed by atoms with Crippen LogP contribution in [0.15, 0.2) is 52.9 Å². The molecule has 0 saturated carbocycles. The normalized spacial score (nSPS) is 16.6. The Balaban J connectivity index is 1.75. The molecule has 0 unspecified atom stereocenters. The predicted molar refractivity (Wildman–Crippen MR) is 121 cm³/mol. The second-order valence-electron chi connectivity index (χ2n) is 7.65. The third-order valence-corrected chi connectivity index (χ3v) is 7.39. The molecule has 0 bridgehead atoms. The summed E-state index contributed by atoms with van der Waals surface area (Å²) in [7, 11) is 0.501. The molecule has 0 atom stereocenters. The highest BCUT2D eigenvalue weighted by Gasteiger charge is 2.29. The fraction of sp³-hybridized carbons (Fsp3) is 0.591. The van der Waals surface area contributed by atoms with Crippen molar-refractivity contribution >= 4 is 16.0 Å². The molecule has 0 aromatic heterocycles. The molecule has 0 spiro atoms. The molecule has 0 radical (unpaired) electrons. The van der Waals surface area contributed by atoms with E-state index >= 15 is 0 Å². The Kier molecular flexibility index (Phi) is 9.67. The van der Waals surface area contributed by atoms with Gasteiger partial charge in [-0.05, 0) is 50.2 Å². The number of hydrogen-bond acceptors (Lipinski definition) is 3. The third kappa shape index (κ3) is 7.16. The van der Waals surface area contributed by atoms with Gasteiger partial charge < -0.3 is 10.2 Å². The van der Waals surface area contributed by atoms with Gasteiger partial charge in [-0.15, -0.1) is 6.58 Å². The number of sulfonamides is 1. The lowest BCUT2D eigenvalue weighted by Gasteiger charge is -2.32. The van der Waals surface area contributed by atoms with Crippen LogP contribution < -0.4 is 5.32 Å². The maximum absolute atomic E-state index is 12.7. The number of aliphatic imine (C=N–C) groups is 1. The van der Waals surface area contributed by atoms with Crippen molar-refractivity contribution < 1.29 is 8.42 Å². The Bertz CT molecular complexity index is 741. The minimum Gasteiger partial charge on any atom is -0.356 e. The van der Waals surface area contributed by atoms with E-state index in [0.29, 0.717) is 23.9 Å². The number of piperidine rings is 1. The van der Waals surface area contributed by atoms with Gasteiger partial charge in [0.25, 0.3) is 0 Å². The standard InChI is InChI=1S/C22H36N4O2S/c1-4-5-6-7-11-16-25(3)22(23-2)24-19-20-14-17-26(18-15-20)29(27,28)21-12-9-8-10-13-21/h4,8-10,12-13,20H,1,5-7,11,14-19H2,2-3H3,(H,23,24). The van der Waals surface area contributed by atoms with Crippen LogP contribution in [0.5, 0.6) is 0 Å². The number of hydrogen-bond donors (Lipinski definition) is 1. The van der Waals surface area contributed by atoms with Gasteiger partial charge in [0, 0.05) is 40.3 Å². The van der Waals surface area contributed by atoms with Crippen molar-refractivity contribution in [1.29, 1.82) is 0 Å². The summed E-state index contributed by atoms with van der Waals surface area (Å²) in [6, 6.07) is 8.71. The van der Waals surface area contributed by atoms with Gasteiger partial charge in [-0.2, -0.15) is 4.31 Å². The second-order valence-corrected chi connectivity index (χ2v) is 9.59. The van der Waals surface area contributed by atoms with Crippen LogP contribution in [-0.4, -0.2) is 63.9 Å². The topological polar surface area (TPSA) is 65.0 Å². The Morgan fingerprint density at radius 1 is 1.24 bits per heavy atom. The van der Waals surface area contributed by atoms with Crippen LogP contribution in [0.25, 0.3) is 0 Å². The maximum Gasteiger partial charge on any atom is 0.243 e. The van der Waals surface area contributed by atoms with E-state index in [1.54, 1.807) is 28.6 Å². The summed E-state index contributed by atoms with van der Waals surface area (Å²) >= 11 is 0. The maximum atomic E-state index is 12.7. The summed E-state index contributed by atoms with van der Waals surface area (Å²) in [5, 5.41) is 3.47. The van der Waals surface area contributed by atoms with Gasteiger partial charge >= 0.3 is 0 Å². The number of nitrogens with zero attached hydrogens (tertiary/aromatic N) is 3. The lowest BCUT2D eigenvalue weighted by Crippen LogP contribution is -2.44. The molecule has 1 aromatic rings. The summed E-state index contributed by atoms with van der Waals surface area (Å²) in [5.41, 5.74) is 0. The first-order chi connectivity index (χ1) is 14.0. The molecule has 1 aromatic carbocycles. The van der Waals surface area contributed by atoms with Gasteiger partial charge in [0.05, 0.1) is 4.90 Å². The predicted octanol–water partition coefficient (Wildman–Crippen LogP) is 3.34. The van der Waals surface area contributed by atoms with E-state index in [1.165, 1.54) is 12.8 Å². The summed E-state index contributed by atoms with van der Waals surface area (Å²) in [6.07, 6.45) is 8.30. The average Bonchev–Trinajstić information content (AvgIpc) is 2.75. The van der Waals surface area contributed by atoms with Gasteiger partial charge in [-0.3, -0.25) is 4.99 Å². The number of rotatable bonds is 10. The van der Waals surface area contributed by atoms with Crippen molar-refractivity contribution in [3.8, 4) is 0 Å². The zero-order chi connectivity index (χ0) is 21.1. The molecular formula is C22H36N4O2S. The van der Waals surface area contributed by atoms with E-state index in [4.69, 9.17) is 0 Å². The molecule has 1 saturated heterocycles. The van der Waals surface area contributed by atoms with Crippen LogP contribution in [0.1, 0.15) is 38.5 Å². The molecular weight excluding hydrogens is 384 g/mol. The van der Waals surface area contributed by atoms with E-state index in [1.807, 2.05) is 19.2 Å². The zero-order valence-electron chi connectivity index (χ0n) is 17.9. The Morgan fingerprint density at radius 2 is 1.93 bits per heavy atom. The van der Waals surface area contributed by atoms with Crippen LogP contribution in [0.2, 0.25) is 0 Å². The molecule has 1 aliphatic heterocycles. The van der Waals surface area contributed by atoms with E-state index in [9.17, 15) is 8.42 Å². The summed E-state index contributed by atoms with van der Waals surface area (Å²) in [5.74, 6) is 1.36. The van der Waals surface area contributed by atoms with Gasteiger partial charge in [0.2, 0.25) is 10.0 Å². The van der Waals surface area contributed by atoms with Crippen molar-refractivity contribution in [2.45, 2.75) is 43.4 Å². The highest BCUT2D eigenvalue weighted by atomic mass is 32.2. The molecule has 1 fully saturated rings. The number of allylic oxidation sites excluding steroid dienone is 1. The highest BCUT2D eigenvalue weighted by Crippen LogP contribution is 2.23. The Morgan fingerprint density at radius 3 is 2.55 bits per heavy atom. The monoisotopic (exact) mass is 420 g/mol. The molecule has 1 N–H and O–H groups in total. The Labute approximate surface area is 176 Å². The van der Waals surface area contributed by atoms with Crippen molar-refractivity contribution in [2.75, 3.05) is 40.3 Å². The van der Waals surface area contributed by atoms with E-state index in [0.717, 1.165) is 44.7 Å². The smallest absolute Gasteiger partial charge is 0.243 e. The molecule has 1 aliphatic rings. The first-order valence-corrected chi connectivity index (χ1v) is 12.0. The second kappa shape index (κ2) is 12.0. The van der Waals surface area contributed by atoms with Crippen molar-refractivity contribution in [1.82, 2.24) is 14.5 Å². The summed E-state index contributed by atoms with van der Waals surface area (Å²) in [6.45, 7) is 6.71. The van der Waals surface area contributed by atoms with Gasteiger partial charge in [0.1, 0.15) is 0 Å². The summed E-state index contributed by atoms with van der Waals surface area (Å²) in [4.78, 5) is 6.94. The van der Waals surface area contributed by atoms with E-state index in [-0.39, 0.29) is 0 Å². The van der Waals surface area contributed by atoms with E-state index < -0.39 is 10.0 Å². The molecule has 29 heavy (non-hydrogen) atoms. The van der Waals surface area contributed by atoms with Crippen molar-refractivity contribution in [3.05, 3.63) is 43.0 Å². The fourth-order valence-electron chi connectivity index (χ4n) is 3.64. The first-order valence-electron chi connectivity index (χ1n) is 10.6. The molecule has 1 heterocycles. The summed E-state index contributed by atoms with van der Waals surface area (Å²) < 4.78 is 27.1. The molecule has 162 valence electrons. The van der Waals surface area contributed by atoms with E-state index in [2.05, 4.69) is 28.8 Å². The molecule has 0 aliphatic carbocycles. The largest absolute Gasteiger partial charge is 0.356 e. The Hall–Kier alpha value is -1.86. The lowest BCUT2D eigenvalue weighted by molar-refractivity contribution is 0.272. The van der Waals surface area contributed by atoms with Crippen LogP contribution in [-0.2, 0) is 10.0 Å². The molecule has 7 heteroatoms. The SMILES string of the molecule is C=CCCCCCN(C)C(=NC)NCC1CCN(S(=O)(=O)c2ccccc2)CC1. The number of nitrogens with one attached hydrogen (secondary N) is 1. The highest BCUT2D eigenvalue weighted by molar-refractivity contribution is 7.89. The fourth-order valence-corrected chi connectivity index (χ4v) is 5.13. The molecule has 2 rings (SSSR count). The third-order valence-electron chi connectivity index (χ3n) is 5.48. The minimum atomic E-state index is -3.38. The molecule has 0 amide bonds. The zero-order valence-corrected chi connectivity index (χ0v) is 18.7. The first kappa shape index (κ1) is 23.4. The average molecular weight is 421 g/mol. The van der Waals surface area contributed by atoms with Gasteiger partial charge in [-0.1, -0.05) is 30.7 Å². The minimum absolute atomic E-state index is 0.381. The van der Waals surface area contributed by atoms with Crippen LogP contribution in [0.4, 0.5) is 0 Å². The lowest BCUT2D eigenvalue weighted by atomic mass is 9.98. The van der Waals surface area contributed by atoms with Crippen LogP contribution >= 0.6 is 0 Å². The number of unbranched alkanes of at least 4 members (excludes halogenated alkanes) is 3. The van der Waals surface area contributed by atoms with Crippen molar-refractivity contribution in [2.24, 2.45) is 10.9 Å². The number of guanidine groups is 1. The van der Waals surface area contributed by atoms with Gasteiger partial charge in [-0.25, -0.2) is 8.42 Å². The van der Waals surface area contributed by atoms with Gasteiger partial charge in [0.15, 0.2) is 5.96 Å².